The van der Waals surface area contributed by atoms with Gasteiger partial charge in [0.05, 0.1) is 15.6 Å². The number of hydrogen-bond donors (Lipinski definition) is 0. The van der Waals surface area contributed by atoms with Gasteiger partial charge in [-0.15, -0.1) is 0 Å². The fraction of sp³-hybridized carbons (Fsp3) is 0.190. The summed E-state index contributed by atoms with van der Waals surface area (Å²) < 4.78 is 12.4. The first-order chi connectivity index (χ1) is 14.3. The van der Waals surface area contributed by atoms with Gasteiger partial charge < -0.3 is 9.47 Å². The summed E-state index contributed by atoms with van der Waals surface area (Å²) in [5.41, 5.74) is 1.80. The van der Waals surface area contributed by atoms with Gasteiger partial charge in [0.25, 0.3) is 11.1 Å². The van der Waals surface area contributed by atoms with Crippen LogP contribution in [0.4, 0.5) is 4.79 Å². The molecule has 0 aromatic heterocycles. The van der Waals surface area contributed by atoms with Crippen molar-refractivity contribution in [3.63, 3.8) is 0 Å². The van der Waals surface area contributed by atoms with E-state index in [4.69, 9.17) is 4.74 Å². The molecular formula is C21H17BrINO5S. The molecule has 1 fully saturated rings. The second-order valence-electron chi connectivity index (χ2n) is 6.36. The monoisotopic (exact) mass is 601 g/mol. The second-order valence-corrected chi connectivity index (χ2v) is 9.43. The number of carbonyl (C=O) groups is 3. The highest BCUT2D eigenvalue weighted by Crippen LogP contribution is 2.34. The first-order valence-corrected chi connectivity index (χ1v) is 11.5. The predicted molar refractivity (Wildman–Crippen MR) is 127 cm³/mol. The SMILES string of the molecule is COC(=O)[C@H](C)N1C(=O)S/C(=C/c2ccc(OCc3ccc(Br)cc3)c(I)c2)C1=O. The number of amides is 2. The van der Waals surface area contributed by atoms with E-state index in [1.807, 2.05) is 42.5 Å². The van der Waals surface area contributed by atoms with Gasteiger partial charge in [-0.3, -0.25) is 14.5 Å². The van der Waals surface area contributed by atoms with Crippen LogP contribution in [-0.2, 0) is 20.9 Å². The van der Waals surface area contributed by atoms with E-state index in [2.05, 4.69) is 43.3 Å². The quantitative estimate of drug-likeness (QED) is 0.256. The van der Waals surface area contributed by atoms with E-state index in [1.165, 1.54) is 14.0 Å². The maximum atomic E-state index is 12.6. The van der Waals surface area contributed by atoms with E-state index in [-0.39, 0.29) is 4.91 Å². The van der Waals surface area contributed by atoms with Crippen LogP contribution >= 0.6 is 50.3 Å². The summed E-state index contributed by atoms with van der Waals surface area (Å²) in [7, 11) is 1.22. The fourth-order valence-corrected chi connectivity index (χ4v) is 4.57. The van der Waals surface area contributed by atoms with Gasteiger partial charge in [0.15, 0.2) is 0 Å². The molecule has 2 aromatic carbocycles. The maximum Gasteiger partial charge on any atom is 0.328 e. The molecule has 30 heavy (non-hydrogen) atoms. The molecule has 9 heteroatoms. The van der Waals surface area contributed by atoms with Crippen molar-refractivity contribution in [1.82, 2.24) is 4.90 Å². The molecule has 0 unspecified atom stereocenters. The lowest BCUT2D eigenvalue weighted by atomic mass is 10.2. The number of benzene rings is 2. The van der Waals surface area contributed by atoms with Gasteiger partial charge in [-0.1, -0.05) is 34.1 Å². The van der Waals surface area contributed by atoms with Crippen LogP contribution in [0.1, 0.15) is 18.1 Å². The zero-order valence-electron chi connectivity index (χ0n) is 16.1. The maximum absolute atomic E-state index is 12.6. The molecule has 0 bridgehead atoms. The van der Waals surface area contributed by atoms with Crippen molar-refractivity contribution < 1.29 is 23.9 Å². The minimum Gasteiger partial charge on any atom is -0.488 e. The molecule has 2 amide bonds. The van der Waals surface area contributed by atoms with Gasteiger partial charge in [0, 0.05) is 4.47 Å². The first kappa shape index (κ1) is 22.8. The zero-order valence-corrected chi connectivity index (χ0v) is 20.6. The third kappa shape index (κ3) is 5.25. The Balaban J connectivity index is 1.72. The molecule has 2 aromatic rings. The Morgan fingerprint density at radius 1 is 1.23 bits per heavy atom. The van der Waals surface area contributed by atoms with E-state index < -0.39 is 23.2 Å². The topological polar surface area (TPSA) is 72.9 Å². The van der Waals surface area contributed by atoms with Crippen molar-refractivity contribution in [2.75, 3.05) is 7.11 Å². The average Bonchev–Trinajstić information content (AvgIpc) is 3.00. The van der Waals surface area contributed by atoms with Crippen molar-refractivity contribution in [1.29, 1.82) is 0 Å². The normalized spacial score (nSPS) is 16.1. The Morgan fingerprint density at radius 2 is 1.93 bits per heavy atom. The van der Waals surface area contributed by atoms with Crippen molar-refractivity contribution in [3.8, 4) is 5.75 Å². The van der Waals surface area contributed by atoms with Crippen LogP contribution in [0.5, 0.6) is 5.75 Å². The molecule has 0 radical (unpaired) electrons. The molecule has 1 aliphatic heterocycles. The molecule has 0 spiro atoms. The molecular weight excluding hydrogens is 585 g/mol. The van der Waals surface area contributed by atoms with E-state index in [1.54, 1.807) is 6.08 Å². The summed E-state index contributed by atoms with van der Waals surface area (Å²) in [6, 6.07) is 12.4. The molecule has 0 aliphatic carbocycles. The van der Waals surface area contributed by atoms with Gasteiger partial charge in [0.2, 0.25) is 0 Å². The Bertz CT molecular complexity index is 1020. The molecule has 156 valence electrons. The first-order valence-electron chi connectivity index (χ1n) is 8.82. The van der Waals surface area contributed by atoms with Crippen LogP contribution in [0, 0.1) is 3.57 Å². The van der Waals surface area contributed by atoms with E-state index >= 15 is 0 Å². The molecule has 3 rings (SSSR count). The number of rotatable bonds is 6. The molecule has 1 heterocycles. The fourth-order valence-electron chi connectivity index (χ4n) is 2.71. The highest BCUT2D eigenvalue weighted by Gasteiger charge is 2.41. The summed E-state index contributed by atoms with van der Waals surface area (Å²) in [5.74, 6) is -0.420. The van der Waals surface area contributed by atoms with Crippen molar-refractivity contribution in [2.24, 2.45) is 0 Å². The van der Waals surface area contributed by atoms with Gasteiger partial charge in [-0.2, -0.15) is 0 Å². The van der Waals surface area contributed by atoms with Gasteiger partial charge in [-0.25, -0.2) is 4.79 Å². The lowest BCUT2D eigenvalue weighted by molar-refractivity contribution is -0.148. The van der Waals surface area contributed by atoms with Crippen LogP contribution in [0.15, 0.2) is 51.8 Å². The molecule has 0 N–H and O–H groups in total. The van der Waals surface area contributed by atoms with Crippen LogP contribution in [0.25, 0.3) is 6.08 Å². The van der Waals surface area contributed by atoms with Crippen molar-refractivity contribution in [3.05, 3.63) is 66.5 Å². The highest BCUT2D eigenvalue weighted by atomic mass is 127. The Morgan fingerprint density at radius 3 is 2.57 bits per heavy atom. The zero-order chi connectivity index (χ0) is 21.8. The summed E-state index contributed by atoms with van der Waals surface area (Å²) in [6.07, 6.45) is 1.63. The molecule has 1 aliphatic rings. The molecule has 1 saturated heterocycles. The number of imide groups is 1. The Hall–Kier alpha value is -1.85. The minimum absolute atomic E-state index is 0.259. The standard InChI is InChI=1S/C21H17BrINO5S/c1-12(20(26)28-2)24-19(25)18(30-21(24)27)10-14-5-8-17(16(23)9-14)29-11-13-3-6-15(22)7-4-13/h3-10,12H,11H2,1-2H3/b18-10+/t12-/m0/s1. The minimum atomic E-state index is -0.970. The highest BCUT2D eigenvalue weighted by molar-refractivity contribution is 14.1. The Labute approximate surface area is 200 Å². The van der Waals surface area contributed by atoms with Gasteiger partial charge in [-0.05, 0) is 82.7 Å². The Kier molecular flexibility index (Phi) is 7.59. The van der Waals surface area contributed by atoms with Crippen LogP contribution in [-0.4, -0.2) is 35.2 Å². The number of halogens is 2. The van der Waals surface area contributed by atoms with E-state index in [0.717, 1.165) is 41.6 Å². The predicted octanol–water partition coefficient (Wildman–Crippen LogP) is 5.23. The van der Waals surface area contributed by atoms with Gasteiger partial charge >= 0.3 is 5.97 Å². The number of carbonyl (C=O) groups excluding carboxylic acids is 3. The van der Waals surface area contributed by atoms with Crippen molar-refractivity contribution in [2.45, 2.75) is 19.6 Å². The van der Waals surface area contributed by atoms with Gasteiger partial charge in [0.1, 0.15) is 18.4 Å². The number of esters is 1. The van der Waals surface area contributed by atoms with Crippen LogP contribution < -0.4 is 4.74 Å². The number of methoxy groups -OCH3 is 1. The third-order valence-electron chi connectivity index (χ3n) is 4.31. The lowest BCUT2D eigenvalue weighted by Gasteiger charge is -2.18. The lowest BCUT2D eigenvalue weighted by Crippen LogP contribution is -2.42. The van der Waals surface area contributed by atoms with E-state index in [9.17, 15) is 14.4 Å². The summed E-state index contributed by atoms with van der Waals surface area (Å²) in [4.78, 5) is 37.7. The van der Waals surface area contributed by atoms with E-state index in [0.29, 0.717) is 6.61 Å². The average molecular weight is 602 g/mol. The largest absolute Gasteiger partial charge is 0.488 e. The van der Waals surface area contributed by atoms with Crippen LogP contribution in [0.3, 0.4) is 0 Å². The molecule has 0 saturated carbocycles. The molecule has 6 nitrogen and oxygen atoms in total. The van der Waals surface area contributed by atoms with Crippen molar-refractivity contribution >= 4 is 73.5 Å². The summed E-state index contributed by atoms with van der Waals surface area (Å²) in [5, 5.41) is -0.492. The second kappa shape index (κ2) is 9.97. The third-order valence-corrected chi connectivity index (χ3v) is 6.57. The van der Waals surface area contributed by atoms with Crippen LogP contribution in [0.2, 0.25) is 0 Å². The number of hydrogen-bond acceptors (Lipinski definition) is 6. The molecule has 1 atom stereocenters. The summed E-state index contributed by atoms with van der Waals surface area (Å²) in [6.45, 7) is 1.90. The smallest absolute Gasteiger partial charge is 0.328 e. The number of nitrogens with zero attached hydrogens (tertiary/aromatic N) is 1. The number of ether oxygens (including phenoxy) is 2. The number of thioether (sulfide) groups is 1. The summed E-state index contributed by atoms with van der Waals surface area (Å²) >= 11 is 6.38.